The van der Waals surface area contributed by atoms with E-state index in [9.17, 15) is 9.18 Å². The summed E-state index contributed by atoms with van der Waals surface area (Å²) in [4.78, 5) is 13.8. The second kappa shape index (κ2) is 25.4. The SMILES string of the molecule is C=C(C(C)=O)c1cccc(OC)c1NCC.C=C/C=C(\C=C/CF)OC(CC)CCCN(CC)CCC.CC. The van der Waals surface area contributed by atoms with E-state index in [-0.39, 0.29) is 11.9 Å². The highest BCUT2D eigenvalue weighted by atomic mass is 19.1. The van der Waals surface area contributed by atoms with Crippen molar-refractivity contribution in [2.75, 3.05) is 45.3 Å². The minimum absolute atomic E-state index is 0.0348. The zero-order valence-corrected chi connectivity index (χ0v) is 25.9. The second-order valence-corrected chi connectivity index (χ2v) is 8.53. The summed E-state index contributed by atoms with van der Waals surface area (Å²) in [6.07, 6.45) is 11.1. The van der Waals surface area contributed by atoms with Crippen molar-refractivity contribution >= 4 is 17.0 Å². The van der Waals surface area contributed by atoms with Crippen LogP contribution in [0, 0.1) is 0 Å². The van der Waals surface area contributed by atoms with Gasteiger partial charge in [-0.2, -0.15) is 0 Å². The van der Waals surface area contributed by atoms with Crippen molar-refractivity contribution in [2.45, 2.75) is 80.3 Å². The Kier molecular flexibility index (Phi) is 25.0. The monoisotopic (exact) mass is 546 g/mol. The molecule has 1 rings (SSSR count). The molecule has 0 heterocycles. The Hall–Kier alpha value is -2.86. The molecule has 5 nitrogen and oxygen atoms in total. The molecule has 0 aliphatic rings. The normalized spacial score (nSPS) is 11.6. The first-order chi connectivity index (χ1) is 18.8. The van der Waals surface area contributed by atoms with Crippen LogP contribution in [0.1, 0.15) is 79.7 Å². The van der Waals surface area contributed by atoms with Gasteiger partial charge in [-0.05, 0) is 77.4 Å². The Balaban J connectivity index is 0. The molecule has 0 saturated heterocycles. The van der Waals surface area contributed by atoms with Crippen molar-refractivity contribution < 1.29 is 18.7 Å². The van der Waals surface area contributed by atoms with E-state index >= 15 is 0 Å². The lowest BCUT2D eigenvalue weighted by Gasteiger charge is -2.22. The molecule has 0 saturated carbocycles. The van der Waals surface area contributed by atoms with Crippen LogP contribution in [0.15, 0.2) is 61.4 Å². The Morgan fingerprint density at radius 3 is 2.36 bits per heavy atom. The number of benzene rings is 1. The largest absolute Gasteiger partial charge is 0.495 e. The van der Waals surface area contributed by atoms with E-state index in [0.29, 0.717) is 11.3 Å². The highest BCUT2D eigenvalue weighted by Crippen LogP contribution is 2.32. The summed E-state index contributed by atoms with van der Waals surface area (Å²) in [6, 6.07) is 5.57. The maximum absolute atomic E-state index is 12.2. The third-order valence-electron chi connectivity index (χ3n) is 5.75. The summed E-state index contributed by atoms with van der Waals surface area (Å²) in [7, 11) is 1.61. The third kappa shape index (κ3) is 16.7. The minimum atomic E-state index is -0.475. The van der Waals surface area contributed by atoms with Crippen LogP contribution in [0.3, 0.4) is 0 Å². The molecule has 0 fully saturated rings. The number of methoxy groups -OCH3 is 1. The van der Waals surface area contributed by atoms with Crippen LogP contribution in [0.25, 0.3) is 5.57 Å². The standard InChI is InChI=1S/C18H32FNO.C13H17NO2.C2H6/c1-5-11-18(12-9-14-19)21-17(7-3)13-10-16-20(8-4)15-6-2;1-5-14-13-11(9(2)10(3)15)7-6-8-12(13)16-4;1-2/h5,9,11-12,17H,1,6-8,10,13-16H2,2-4H3;6-8,14H,2,5H2,1,3-4H3;1-2H3/b12-9-,18-11+;;. The topological polar surface area (TPSA) is 50.8 Å². The molecule has 0 aliphatic heterocycles. The molecule has 0 radical (unpaired) electrons. The highest BCUT2D eigenvalue weighted by molar-refractivity contribution is 6.20. The number of hydrogen-bond donors (Lipinski definition) is 1. The number of ketones is 1. The van der Waals surface area contributed by atoms with Gasteiger partial charge in [0.15, 0.2) is 5.78 Å². The Bertz CT molecular complexity index is 865. The number of Topliss-reactive ketones (excluding diaryl/α,β-unsaturated/α-hetero) is 1. The van der Waals surface area contributed by atoms with Crippen LogP contribution in [-0.2, 0) is 9.53 Å². The van der Waals surface area contributed by atoms with Gasteiger partial charge in [0.05, 0.1) is 18.9 Å². The van der Waals surface area contributed by atoms with Crippen molar-refractivity contribution in [3.8, 4) is 5.75 Å². The number of anilines is 1. The number of ether oxygens (including phenoxy) is 2. The van der Waals surface area contributed by atoms with Crippen molar-refractivity contribution in [2.24, 2.45) is 0 Å². The van der Waals surface area contributed by atoms with Crippen molar-refractivity contribution in [1.82, 2.24) is 4.90 Å². The Morgan fingerprint density at radius 1 is 1.18 bits per heavy atom. The Labute approximate surface area is 238 Å². The number of alkyl halides is 1. The van der Waals surface area contributed by atoms with Crippen LogP contribution >= 0.6 is 0 Å². The first kappa shape index (κ1) is 38.3. The first-order valence-electron chi connectivity index (χ1n) is 14.4. The number of rotatable bonds is 18. The average Bonchev–Trinajstić information content (AvgIpc) is 2.96. The molecule has 222 valence electrons. The first-order valence-corrected chi connectivity index (χ1v) is 14.4. The van der Waals surface area contributed by atoms with Crippen molar-refractivity contribution in [3.05, 3.63) is 67.0 Å². The van der Waals surface area contributed by atoms with E-state index in [0.717, 1.165) is 62.4 Å². The predicted molar refractivity (Wildman–Crippen MR) is 168 cm³/mol. The van der Waals surface area contributed by atoms with Gasteiger partial charge >= 0.3 is 0 Å². The number of nitrogens with zero attached hydrogens (tertiary/aromatic N) is 1. The van der Waals surface area contributed by atoms with E-state index < -0.39 is 6.67 Å². The predicted octanol–water partition coefficient (Wildman–Crippen LogP) is 8.64. The Morgan fingerprint density at radius 2 is 1.87 bits per heavy atom. The fourth-order valence-corrected chi connectivity index (χ4v) is 3.74. The minimum Gasteiger partial charge on any atom is -0.495 e. The molecular weight excluding hydrogens is 491 g/mol. The molecule has 1 aromatic carbocycles. The van der Waals surface area contributed by atoms with Gasteiger partial charge in [0.1, 0.15) is 18.2 Å². The van der Waals surface area contributed by atoms with Gasteiger partial charge < -0.3 is 19.7 Å². The quantitative estimate of drug-likeness (QED) is 0.113. The molecule has 0 aromatic heterocycles. The molecule has 6 heteroatoms. The van der Waals surface area contributed by atoms with Gasteiger partial charge in [-0.25, -0.2) is 4.39 Å². The number of halogens is 1. The lowest BCUT2D eigenvalue weighted by Crippen LogP contribution is -2.26. The van der Waals surface area contributed by atoms with Gasteiger partial charge in [0, 0.05) is 17.7 Å². The zero-order valence-electron chi connectivity index (χ0n) is 25.9. The molecule has 0 amide bonds. The molecule has 1 aromatic rings. The summed E-state index contributed by atoms with van der Waals surface area (Å²) < 4.78 is 23.4. The highest BCUT2D eigenvalue weighted by Gasteiger charge is 2.13. The molecule has 39 heavy (non-hydrogen) atoms. The summed E-state index contributed by atoms with van der Waals surface area (Å²) >= 11 is 0. The van der Waals surface area contributed by atoms with Crippen LogP contribution in [0.5, 0.6) is 5.75 Å². The maximum Gasteiger partial charge on any atom is 0.159 e. The van der Waals surface area contributed by atoms with Crippen LogP contribution in [0.2, 0.25) is 0 Å². The number of carbonyl (C=O) groups excluding carboxylic acids is 1. The summed E-state index contributed by atoms with van der Waals surface area (Å²) in [5, 5.41) is 3.19. The van der Waals surface area contributed by atoms with E-state index in [1.807, 2.05) is 39.0 Å². The van der Waals surface area contributed by atoms with Gasteiger partial charge in [0.25, 0.3) is 0 Å². The van der Waals surface area contributed by atoms with Crippen LogP contribution in [-0.4, -0.2) is 56.8 Å². The number of carbonyl (C=O) groups is 1. The van der Waals surface area contributed by atoms with Gasteiger partial charge in [0.2, 0.25) is 0 Å². The summed E-state index contributed by atoms with van der Waals surface area (Å²) in [5.74, 6) is 1.38. The molecular formula is C33H55FN2O3. The fourth-order valence-electron chi connectivity index (χ4n) is 3.74. The number of para-hydroxylation sites is 1. The third-order valence-corrected chi connectivity index (χ3v) is 5.75. The van der Waals surface area contributed by atoms with E-state index in [1.165, 1.54) is 19.4 Å². The number of allylic oxidation sites excluding steroid dienone is 5. The molecule has 0 aliphatic carbocycles. The van der Waals surface area contributed by atoms with Gasteiger partial charge in [-0.15, -0.1) is 0 Å². The number of nitrogens with one attached hydrogen (secondary N) is 1. The smallest absolute Gasteiger partial charge is 0.159 e. The molecule has 1 unspecified atom stereocenters. The maximum atomic E-state index is 12.2. The van der Waals surface area contributed by atoms with E-state index in [1.54, 1.807) is 25.3 Å². The summed E-state index contributed by atoms with van der Waals surface area (Å²) in [6.45, 7) is 25.2. The molecule has 1 atom stereocenters. The second-order valence-electron chi connectivity index (χ2n) is 8.53. The zero-order chi connectivity index (χ0) is 30.1. The fraction of sp³-hybridized carbons (Fsp3) is 0.545. The number of hydrogen-bond acceptors (Lipinski definition) is 5. The lowest BCUT2D eigenvalue weighted by molar-refractivity contribution is -0.111. The van der Waals surface area contributed by atoms with Crippen LogP contribution < -0.4 is 10.1 Å². The molecule has 0 bridgehead atoms. The van der Waals surface area contributed by atoms with E-state index in [4.69, 9.17) is 9.47 Å². The van der Waals surface area contributed by atoms with Gasteiger partial charge in [-0.3, -0.25) is 4.79 Å². The van der Waals surface area contributed by atoms with Crippen LogP contribution in [0.4, 0.5) is 10.1 Å². The van der Waals surface area contributed by atoms with Gasteiger partial charge in [-0.1, -0.05) is 72.1 Å². The molecule has 1 N–H and O–H groups in total. The lowest BCUT2D eigenvalue weighted by atomic mass is 10.0. The average molecular weight is 547 g/mol. The van der Waals surface area contributed by atoms with Crippen molar-refractivity contribution in [1.29, 1.82) is 0 Å². The molecule has 0 spiro atoms. The van der Waals surface area contributed by atoms with Crippen molar-refractivity contribution in [3.63, 3.8) is 0 Å². The summed E-state index contributed by atoms with van der Waals surface area (Å²) in [5.41, 5.74) is 2.12. The van der Waals surface area contributed by atoms with E-state index in [2.05, 4.69) is 44.1 Å².